The molecule has 14 heavy (non-hydrogen) atoms. The molecule has 0 radical (unpaired) electrons. The van der Waals surface area contributed by atoms with Gasteiger partial charge in [-0.3, -0.25) is 0 Å². The van der Waals surface area contributed by atoms with Crippen LogP contribution in [0.1, 0.15) is 59.8 Å². The van der Waals surface area contributed by atoms with Crippen molar-refractivity contribution < 1.29 is 4.74 Å². The van der Waals surface area contributed by atoms with Crippen molar-refractivity contribution in [3.05, 3.63) is 0 Å². The molecule has 0 saturated carbocycles. The molecule has 0 aromatic heterocycles. The van der Waals surface area contributed by atoms with E-state index in [1.54, 1.807) is 0 Å². The van der Waals surface area contributed by atoms with Crippen LogP contribution >= 0.6 is 0 Å². The summed E-state index contributed by atoms with van der Waals surface area (Å²) in [6.07, 6.45) is 6.35. The van der Waals surface area contributed by atoms with Crippen molar-refractivity contribution in [2.75, 3.05) is 6.61 Å². The maximum absolute atomic E-state index is 5.68. The summed E-state index contributed by atoms with van der Waals surface area (Å²) < 4.78 is 6.92. The average molecular weight is 312 g/mol. The minimum absolute atomic E-state index is 0.311. The molecular formula is C12H24OTe. The summed E-state index contributed by atoms with van der Waals surface area (Å²) in [7, 11) is 0. The topological polar surface area (TPSA) is 9.23 Å². The van der Waals surface area contributed by atoms with Gasteiger partial charge < -0.3 is 0 Å². The third-order valence-electron chi connectivity index (χ3n) is 2.65. The Labute approximate surface area is 102 Å². The van der Waals surface area contributed by atoms with Crippen molar-refractivity contribution in [3.8, 4) is 0 Å². The molecule has 1 atom stereocenters. The Morgan fingerprint density at radius 1 is 1.14 bits per heavy atom. The molecule has 0 aromatic rings. The number of hydrogen-bond donors (Lipinski definition) is 0. The van der Waals surface area contributed by atoms with E-state index in [1.165, 1.54) is 35.8 Å². The first-order valence-corrected chi connectivity index (χ1v) is 6.94. The summed E-state index contributed by atoms with van der Waals surface area (Å²) in [6.45, 7) is 9.73. The van der Waals surface area contributed by atoms with Crippen LogP contribution in [0.4, 0.5) is 0 Å². The van der Waals surface area contributed by atoms with Crippen molar-refractivity contribution in [3.63, 3.8) is 0 Å². The van der Waals surface area contributed by atoms with E-state index in [1.807, 2.05) is 0 Å². The molecule has 0 saturated heterocycles. The van der Waals surface area contributed by atoms with E-state index in [9.17, 15) is 0 Å². The zero-order valence-corrected chi connectivity index (χ0v) is 12.4. The van der Waals surface area contributed by atoms with Crippen molar-refractivity contribution in [2.45, 2.75) is 59.8 Å². The second-order valence-electron chi connectivity index (χ2n) is 4.13. The van der Waals surface area contributed by atoms with E-state index in [0.717, 1.165) is 6.61 Å². The predicted molar refractivity (Wildman–Crippen MR) is 64.9 cm³/mol. The SMILES string of the molecule is CCCCC(C)(CCC)C(=[Te])OCC. The third-order valence-corrected chi connectivity index (χ3v) is 4.39. The number of ether oxygens (including phenoxy) is 1. The third kappa shape index (κ3) is 4.80. The van der Waals surface area contributed by atoms with E-state index in [0.29, 0.717) is 5.41 Å². The van der Waals surface area contributed by atoms with Gasteiger partial charge in [-0.1, -0.05) is 0 Å². The summed E-state index contributed by atoms with van der Waals surface area (Å²) in [6, 6.07) is 0. The van der Waals surface area contributed by atoms with Gasteiger partial charge >= 0.3 is 102 Å². The fourth-order valence-electron chi connectivity index (χ4n) is 1.75. The Hall–Kier alpha value is 0.460. The molecule has 0 heterocycles. The summed E-state index contributed by atoms with van der Waals surface area (Å²) in [4.78, 5) is 0. The molecule has 0 spiro atoms. The van der Waals surface area contributed by atoms with Crippen LogP contribution in [-0.4, -0.2) is 32.2 Å². The second kappa shape index (κ2) is 7.71. The molecule has 1 unspecified atom stereocenters. The second-order valence-corrected chi connectivity index (χ2v) is 5.19. The molecule has 0 rings (SSSR count). The van der Waals surface area contributed by atoms with E-state index in [-0.39, 0.29) is 0 Å². The van der Waals surface area contributed by atoms with Crippen LogP contribution in [0.15, 0.2) is 0 Å². The zero-order valence-electron chi connectivity index (χ0n) is 10.1. The zero-order chi connectivity index (χ0) is 11.0. The number of hydrogen-bond acceptors (Lipinski definition) is 1. The van der Waals surface area contributed by atoms with Gasteiger partial charge in [0.05, 0.1) is 0 Å². The van der Waals surface area contributed by atoms with Crippen LogP contribution < -0.4 is 0 Å². The van der Waals surface area contributed by atoms with Gasteiger partial charge in [-0.05, 0) is 0 Å². The molecule has 2 heteroatoms. The average Bonchev–Trinajstić information content (AvgIpc) is 2.15. The van der Waals surface area contributed by atoms with Gasteiger partial charge in [0.1, 0.15) is 0 Å². The normalized spacial score (nSPS) is 14.9. The van der Waals surface area contributed by atoms with Crippen LogP contribution in [0.2, 0.25) is 0 Å². The molecule has 0 fully saturated rings. The molecule has 0 aromatic carbocycles. The van der Waals surface area contributed by atoms with Gasteiger partial charge in [-0.25, -0.2) is 0 Å². The van der Waals surface area contributed by atoms with Crippen LogP contribution in [0, 0.1) is 5.41 Å². The summed E-state index contributed by atoms with van der Waals surface area (Å²) >= 11 is 2.07. The fraction of sp³-hybridized carbons (Fsp3) is 0.917. The van der Waals surface area contributed by atoms with Gasteiger partial charge in [0.25, 0.3) is 0 Å². The first-order valence-electron chi connectivity index (χ1n) is 5.78. The molecule has 0 N–H and O–H groups in total. The molecule has 0 aliphatic rings. The molecule has 0 aliphatic carbocycles. The van der Waals surface area contributed by atoms with E-state index in [2.05, 4.69) is 49.5 Å². The summed E-state index contributed by atoms with van der Waals surface area (Å²) in [5, 5.41) is 0. The van der Waals surface area contributed by atoms with Crippen molar-refractivity contribution in [1.29, 1.82) is 0 Å². The van der Waals surface area contributed by atoms with Gasteiger partial charge in [0, 0.05) is 0 Å². The van der Waals surface area contributed by atoms with Gasteiger partial charge in [0.15, 0.2) is 0 Å². The molecule has 84 valence electrons. The quantitative estimate of drug-likeness (QED) is 0.625. The Morgan fingerprint density at radius 2 is 1.79 bits per heavy atom. The number of unbranched alkanes of at least 4 members (excludes halogenated alkanes) is 1. The summed E-state index contributed by atoms with van der Waals surface area (Å²) in [5.74, 6) is 0. The van der Waals surface area contributed by atoms with Gasteiger partial charge in [-0.2, -0.15) is 0 Å². The minimum atomic E-state index is 0.311. The van der Waals surface area contributed by atoms with Crippen LogP contribution in [-0.2, 0) is 4.74 Å². The Morgan fingerprint density at radius 3 is 2.21 bits per heavy atom. The van der Waals surface area contributed by atoms with Crippen LogP contribution in [0.25, 0.3) is 0 Å². The fourth-order valence-corrected chi connectivity index (χ4v) is 2.67. The van der Waals surface area contributed by atoms with Crippen molar-refractivity contribution >= 4 is 25.6 Å². The van der Waals surface area contributed by atoms with E-state index in [4.69, 9.17) is 4.74 Å². The molecular weight excluding hydrogens is 288 g/mol. The van der Waals surface area contributed by atoms with E-state index >= 15 is 0 Å². The van der Waals surface area contributed by atoms with Crippen LogP contribution in [0.3, 0.4) is 0 Å². The predicted octanol–water partition coefficient (Wildman–Crippen LogP) is 3.32. The standard InChI is InChI=1S/C12H24OTe/c1-5-8-10-12(4,9-6-2)11(14)13-7-3/h5-10H2,1-4H3. The molecule has 0 bridgehead atoms. The van der Waals surface area contributed by atoms with E-state index < -0.39 is 0 Å². The first-order chi connectivity index (χ1) is 6.60. The first kappa shape index (κ1) is 14.5. The van der Waals surface area contributed by atoms with Crippen molar-refractivity contribution in [1.82, 2.24) is 0 Å². The monoisotopic (exact) mass is 314 g/mol. The maximum atomic E-state index is 5.68. The summed E-state index contributed by atoms with van der Waals surface area (Å²) in [5.41, 5.74) is 0.311. The molecule has 0 amide bonds. The molecule has 1 nitrogen and oxygen atoms in total. The molecule has 0 aliphatic heterocycles. The van der Waals surface area contributed by atoms with Gasteiger partial charge in [0.2, 0.25) is 0 Å². The Balaban J connectivity index is 4.28. The van der Waals surface area contributed by atoms with Crippen LogP contribution in [0.5, 0.6) is 0 Å². The Kier molecular flexibility index (Phi) is 7.97. The van der Waals surface area contributed by atoms with Gasteiger partial charge in [-0.15, -0.1) is 0 Å². The van der Waals surface area contributed by atoms with Crippen molar-refractivity contribution in [2.24, 2.45) is 5.41 Å². The number of rotatable bonds is 8. The Bertz CT molecular complexity index is 168.